The molecule has 0 aliphatic heterocycles. The van der Waals surface area contributed by atoms with Crippen molar-refractivity contribution in [2.75, 3.05) is 26.6 Å². The summed E-state index contributed by atoms with van der Waals surface area (Å²) in [6.07, 6.45) is 0. The molecule has 2 aromatic rings. The summed E-state index contributed by atoms with van der Waals surface area (Å²) in [6, 6.07) is 10.0. The summed E-state index contributed by atoms with van der Waals surface area (Å²) in [5, 5.41) is 2.77. The Morgan fingerprint density at radius 3 is 2.56 bits per heavy atom. The van der Waals surface area contributed by atoms with Crippen molar-refractivity contribution in [1.29, 1.82) is 0 Å². The van der Waals surface area contributed by atoms with Gasteiger partial charge in [0.15, 0.2) is 6.61 Å². The Balaban J connectivity index is 1.99. The minimum absolute atomic E-state index is 0.241. The number of carbonyl (C=O) groups excluding carboxylic acids is 2. The number of benzene rings is 2. The summed E-state index contributed by atoms with van der Waals surface area (Å²) in [5.74, 6) is 0.186. The highest BCUT2D eigenvalue weighted by atomic mass is 16.5. The standard InChI is InChI=1S/C20H24N2O5/c1-12-6-5-7-15(19(12)21)20(24)27-11-18(23)22-13(2)16-10-14(25-3)8-9-17(16)26-4/h5-10,13H,11,21H2,1-4H3,(H,22,23)/t13-/m1/s1. The molecule has 0 saturated carbocycles. The lowest BCUT2D eigenvalue weighted by atomic mass is 10.1. The monoisotopic (exact) mass is 372 g/mol. The van der Waals surface area contributed by atoms with Crippen LogP contribution in [0.25, 0.3) is 0 Å². The van der Waals surface area contributed by atoms with Crippen molar-refractivity contribution in [3.8, 4) is 11.5 Å². The number of aryl methyl sites for hydroxylation is 1. The minimum atomic E-state index is -0.641. The molecule has 0 aliphatic carbocycles. The van der Waals surface area contributed by atoms with Crippen LogP contribution < -0.4 is 20.5 Å². The van der Waals surface area contributed by atoms with E-state index in [0.29, 0.717) is 17.2 Å². The number of amides is 1. The molecular weight excluding hydrogens is 348 g/mol. The predicted octanol–water partition coefficient (Wildman–Crippen LogP) is 2.63. The van der Waals surface area contributed by atoms with Crippen molar-refractivity contribution in [1.82, 2.24) is 5.32 Å². The summed E-state index contributed by atoms with van der Waals surface area (Å²) >= 11 is 0. The van der Waals surface area contributed by atoms with Crippen LogP contribution in [0.1, 0.15) is 34.5 Å². The zero-order chi connectivity index (χ0) is 20.0. The van der Waals surface area contributed by atoms with E-state index in [-0.39, 0.29) is 11.6 Å². The zero-order valence-electron chi connectivity index (χ0n) is 15.9. The van der Waals surface area contributed by atoms with Crippen LogP contribution in [0.2, 0.25) is 0 Å². The van der Waals surface area contributed by atoms with E-state index >= 15 is 0 Å². The average Bonchev–Trinajstić information content (AvgIpc) is 2.67. The molecular formula is C20H24N2O5. The van der Waals surface area contributed by atoms with Gasteiger partial charge in [0.25, 0.3) is 5.91 Å². The Morgan fingerprint density at radius 1 is 1.15 bits per heavy atom. The molecule has 0 aromatic heterocycles. The third-order valence-corrected chi connectivity index (χ3v) is 4.16. The number of ether oxygens (including phenoxy) is 3. The summed E-state index contributed by atoms with van der Waals surface area (Å²) in [4.78, 5) is 24.3. The van der Waals surface area contributed by atoms with E-state index in [1.165, 1.54) is 0 Å². The van der Waals surface area contributed by atoms with Crippen LogP contribution in [0.15, 0.2) is 36.4 Å². The van der Waals surface area contributed by atoms with Gasteiger partial charge >= 0.3 is 5.97 Å². The average molecular weight is 372 g/mol. The first-order valence-electron chi connectivity index (χ1n) is 8.40. The second kappa shape index (κ2) is 8.93. The third kappa shape index (κ3) is 4.91. The molecule has 0 fully saturated rings. The number of rotatable bonds is 7. The Bertz CT molecular complexity index is 835. The maximum Gasteiger partial charge on any atom is 0.340 e. The van der Waals surface area contributed by atoms with Gasteiger partial charge in [-0.25, -0.2) is 4.79 Å². The lowest BCUT2D eigenvalue weighted by molar-refractivity contribution is -0.124. The molecule has 0 bridgehead atoms. The highest BCUT2D eigenvalue weighted by Crippen LogP contribution is 2.29. The van der Waals surface area contributed by atoms with Crippen LogP contribution in [0.3, 0.4) is 0 Å². The van der Waals surface area contributed by atoms with Gasteiger partial charge in [0, 0.05) is 11.3 Å². The predicted molar refractivity (Wildman–Crippen MR) is 102 cm³/mol. The van der Waals surface area contributed by atoms with Gasteiger partial charge in [0.1, 0.15) is 11.5 Å². The van der Waals surface area contributed by atoms with E-state index in [1.54, 1.807) is 64.5 Å². The first-order chi connectivity index (χ1) is 12.9. The largest absolute Gasteiger partial charge is 0.497 e. The highest BCUT2D eigenvalue weighted by Gasteiger charge is 2.18. The molecule has 27 heavy (non-hydrogen) atoms. The molecule has 0 aliphatic rings. The lowest BCUT2D eigenvalue weighted by Crippen LogP contribution is -2.31. The molecule has 0 saturated heterocycles. The number of nitrogen functional groups attached to an aromatic ring is 1. The second-order valence-electron chi connectivity index (χ2n) is 6.01. The summed E-state index contributed by atoms with van der Waals surface area (Å²) in [6.45, 7) is 3.18. The fourth-order valence-corrected chi connectivity index (χ4v) is 2.61. The number of nitrogens with one attached hydrogen (secondary N) is 1. The molecule has 1 amide bonds. The lowest BCUT2D eigenvalue weighted by Gasteiger charge is -2.18. The van der Waals surface area contributed by atoms with Crippen molar-refractivity contribution in [3.05, 3.63) is 53.1 Å². The van der Waals surface area contributed by atoms with Gasteiger partial charge in [-0.05, 0) is 43.7 Å². The van der Waals surface area contributed by atoms with Crippen LogP contribution in [0, 0.1) is 6.92 Å². The van der Waals surface area contributed by atoms with E-state index in [1.807, 2.05) is 0 Å². The van der Waals surface area contributed by atoms with Gasteiger partial charge in [0.2, 0.25) is 0 Å². The summed E-state index contributed by atoms with van der Waals surface area (Å²) < 4.78 is 15.6. The number of esters is 1. The Labute approximate surface area is 158 Å². The molecule has 7 nitrogen and oxygen atoms in total. The third-order valence-electron chi connectivity index (χ3n) is 4.16. The summed E-state index contributed by atoms with van der Waals surface area (Å²) in [5.41, 5.74) is 7.99. The van der Waals surface area contributed by atoms with Crippen molar-refractivity contribution in [3.63, 3.8) is 0 Å². The van der Waals surface area contributed by atoms with Gasteiger partial charge < -0.3 is 25.3 Å². The molecule has 0 radical (unpaired) electrons. The van der Waals surface area contributed by atoms with Crippen LogP contribution in [0.5, 0.6) is 11.5 Å². The molecule has 7 heteroatoms. The van der Waals surface area contributed by atoms with E-state index in [9.17, 15) is 9.59 Å². The van der Waals surface area contributed by atoms with E-state index < -0.39 is 18.5 Å². The molecule has 2 aromatic carbocycles. The molecule has 0 spiro atoms. The molecule has 0 unspecified atom stereocenters. The summed E-state index contributed by atoms with van der Waals surface area (Å²) in [7, 11) is 3.11. The number of hydrogen-bond donors (Lipinski definition) is 2. The topological polar surface area (TPSA) is 99.9 Å². The molecule has 2 rings (SSSR count). The van der Waals surface area contributed by atoms with Crippen LogP contribution >= 0.6 is 0 Å². The van der Waals surface area contributed by atoms with Crippen LogP contribution in [0.4, 0.5) is 5.69 Å². The number of methoxy groups -OCH3 is 2. The van der Waals surface area contributed by atoms with E-state index in [0.717, 1.165) is 11.1 Å². The van der Waals surface area contributed by atoms with Gasteiger partial charge in [-0.1, -0.05) is 12.1 Å². The van der Waals surface area contributed by atoms with E-state index in [2.05, 4.69) is 5.32 Å². The quantitative estimate of drug-likeness (QED) is 0.572. The Morgan fingerprint density at radius 2 is 1.89 bits per heavy atom. The number of anilines is 1. The first-order valence-corrected chi connectivity index (χ1v) is 8.40. The number of nitrogens with two attached hydrogens (primary N) is 1. The SMILES string of the molecule is COc1ccc(OC)c([C@@H](C)NC(=O)COC(=O)c2cccc(C)c2N)c1. The maximum atomic E-state index is 12.2. The number of carbonyl (C=O) groups is 2. The van der Waals surface area contributed by atoms with Gasteiger partial charge in [-0.2, -0.15) is 0 Å². The van der Waals surface area contributed by atoms with Crippen molar-refractivity contribution < 1.29 is 23.8 Å². The van der Waals surface area contributed by atoms with Gasteiger partial charge in [0.05, 0.1) is 25.8 Å². The smallest absolute Gasteiger partial charge is 0.340 e. The van der Waals surface area contributed by atoms with Gasteiger partial charge in [-0.15, -0.1) is 0 Å². The molecule has 144 valence electrons. The Kier molecular flexibility index (Phi) is 6.65. The van der Waals surface area contributed by atoms with Crippen molar-refractivity contribution in [2.24, 2.45) is 0 Å². The molecule has 1 atom stereocenters. The second-order valence-corrected chi connectivity index (χ2v) is 6.01. The number of para-hydroxylation sites is 1. The molecule has 0 heterocycles. The van der Waals surface area contributed by atoms with Crippen LogP contribution in [-0.4, -0.2) is 32.7 Å². The first kappa shape index (κ1) is 20.1. The maximum absolute atomic E-state index is 12.2. The zero-order valence-corrected chi connectivity index (χ0v) is 15.9. The van der Waals surface area contributed by atoms with Crippen molar-refractivity contribution in [2.45, 2.75) is 19.9 Å². The Hall–Kier alpha value is -3.22. The minimum Gasteiger partial charge on any atom is -0.497 e. The number of hydrogen-bond acceptors (Lipinski definition) is 6. The fraction of sp³-hybridized carbons (Fsp3) is 0.300. The van der Waals surface area contributed by atoms with Crippen LogP contribution in [-0.2, 0) is 9.53 Å². The highest BCUT2D eigenvalue weighted by molar-refractivity contribution is 5.96. The van der Waals surface area contributed by atoms with E-state index in [4.69, 9.17) is 19.9 Å². The normalized spacial score (nSPS) is 11.4. The van der Waals surface area contributed by atoms with Gasteiger partial charge in [-0.3, -0.25) is 4.79 Å². The fourth-order valence-electron chi connectivity index (χ4n) is 2.61. The molecule has 3 N–H and O–H groups in total. The van der Waals surface area contributed by atoms with Crippen molar-refractivity contribution >= 4 is 17.6 Å².